The van der Waals surface area contributed by atoms with Gasteiger partial charge in [0.15, 0.2) is 4.90 Å². The minimum Gasteiger partial charge on any atom is -0.307 e. The lowest BCUT2D eigenvalue weighted by atomic mass is 10.2. The van der Waals surface area contributed by atoms with Crippen LogP contribution < -0.4 is 10.3 Å². The number of aryl methyl sites for hydroxylation is 1. The molecular formula is C17H14N4O5S. The first-order valence-electron chi connectivity index (χ1n) is 7.71. The molecule has 0 spiro atoms. The molecule has 0 aliphatic heterocycles. The number of aromatic amines is 1. The van der Waals surface area contributed by atoms with E-state index in [-0.39, 0.29) is 17.1 Å². The van der Waals surface area contributed by atoms with Gasteiger partial charge in [0.05, 0.1) is 4.92 Å². The van der Waals surface area contributed by atoms with Gasteiger partial charge in [-0.15, -0.1) is 0 Å². The fraction of sp³-hybridized carbons (Fsp3) is 0.0588. The lowest BCUT2D eigenvalue weighted by molar-refractivity contribution is -0.387. The summed E-state index contributed by atoms with van der Waals surface area (Å²) in [4.78, 5) is 28.3. The van der Waals surface area contributed by atoms with E-state index < -0.39 is 25.5 Å². The van der Waals surface area contributed by atoms with Crippen molar-refractivity contribution in [3.8, 4) is 11.4 Å². The first-order chi connectivity index (χ1) is 12.8. The first kappa shape index (κ1) is 18.3. The van der Waals surface area contributed by atoms with E-state index in [2.05, 4.69) is 14.7 Å². The fourth-order valence-electron chi connectivity index (χ4n) is 2.49. The van der Waals surface area contributed by atoms with Crippen molar-refractivity contribution in [2.24, 2.45) is 0 Å². The number of nitrogens with zero attached hydrogens (tertiary/aromatic N) is 2. The molecule has 0 amide bonds. The highest BCUT2D eigenvalue weighted by molar-refractivity contribution is 7.92. The second kappa shape index (κ2) is 7.00. The quantitative estimate of drug-likeness (QED) is 0.511. The predicted octanol–water partition coefficient (Wildman–Crippen LogP) is 2.45. The number of hydrogen-bond donors (Lipinski definition) is 2. The molecule has 0 aliphatic rings. The fourth-order valence-corrected chi connectivity index (χ4v) is 3.71. The molecule has 9 nitrogen and oxygen atoms in total. The number of hydrogen-bond acceptors (Lipinski definition) is 6. The Labute approximate surface area is 153 Å². The molecule has 1 aromatic heterocycles. The second-order valence-electron chi connectivity index (χ2n) is 5.65. The molecule has 27 heavy (non-hydrogen) atoms. The van der Waals surface area contributed by atoms with Gasteiger partial charge in [0, 0.05) is 29.1 Å². The molecule has 0 unspecified atom stereocenters. The van der Waals surface area contributed by atoms with Crippen LogP contribution in [-0.2, 0) is 10.0 Å². The smallest absolute Gasteiger partial charge is 0.289 e. The summed E-state index contributed by atoms with van der Waals surface area (Å²) in [6, 6.07) is 12.6. The third kappa shape index (κ3) is 4.01. The molecular weight excluding hydrogens is 372 g/mol. The monoisotopic (exact) mass is 386 g/mol. The summed E-state index contributed by atoms with van der Waals surface area (Å²) in [5.74, 6) is 0.284. The van der Waals surface area contributed by atoms with Crippen LogP contribution in [-0.4, -0.2) is 23.3 Å². The molecule has 10 heteroatoms. The number of anilines is 1. The SMILES string of the molecule is Cc1cc(=O)[nH]c(-c2cccc(NS(=O)(=O)c3ccccc3[N+](=O)[O-])c2)n1. The van der Waals surface area contributed by atoms with Crippen LogP contribution in [0, 0.1) is 17.0 Å². The van der Waals surface area contributed by atoms with Crippen molar-refractivity contribution < 1.29 is 13.3 Å². The van der Waals surface area contributed by atoms with E-state index in [4.69, 9.17) is 0 Å². The largest absolute Gasteiger partial charge is 0.307 e. The molecule has 0 fully saturated rings. The van der Waals surface area contributed by atoms with Crippen molar-refractivity contribution in [2.75, 3.05) is 4.72 Å². The normalized spacial score (nSPS) is 11.1. The Hall–Kier alpha value is -3.53. The van der Waals surface area contributed by atoms with E-state index in [0.29, 0.717) is 11.3 Å². The summed E-state index contributed by atoms with van der Waals surface area (Å²) in [5.41, 5.74) is 0.322. The van der Waals surface area contributed by atoms with Gasteiger partial charge < -0.3 is 4.98 Å². The van der Waals surface area contributed by atoms with Gasteiger partial charge in [-0.2, -0.15) is 0 Å². The highest BCUT2D eigenvalue weighted by Crippen LogP contribution is 2.26. The summed E-state index contributed by atoms with van der Waals surface area (Å²) in [7, 11) is -4.19. The van der Waals surface area contributed by atoms with E-state index >= 15 is 0 Å². The van der Waals surface area contributed by atoms with E-state index in [1.165, 1.54) is 30.3 Å². The maximum absolute atomic E-state index is 12.6. The molecule has 0 aliphatic carbocycles. The molecule has 0 radical (unpaired) electrons. The molecule has 0 bridgehead atoms. The minimum atomic E-state index is -4.19. The van der Waals surface area contributed by atoms with Gasteiger partial charge in [-0.1, -0.05) is 24.3 Å². The lowest BCUT2D eigenvalue weighted by Gasteiger charge is -2.10. The molecule has 2 N–H and O–H groups in total. The van der Waals surface area contributed by atoms with Crippen LogP contribution in [0.4, 0.5) is 11.4 Å². The summed E-state index contributed by atoms with van der Waals surface area (Å²) in [6.45, 7) is 1.67. The number of nitrogens with one attached hydrogen (secondary N) is 2. The Morgan fingerprint density at radius 1 is 1.11 bits per heavy atom. The minimum absolute atomic E-state index is 0.176. The van der Waals surface area contributed by atoms with Crippen LogP contribution in [0.2, 0.25) is 0 Å². The lowest BCUT2D eigenvalue weighted by Crippen LogP contribution is -2.15. The zero-order valence-electron chi connectivity index (χ0n) is 14.0. The average molecular weight is 386 g/mol. The van der Waals surface area contributed by atoms with Crippen LogP contribution in [0.5, 0.6) is 0 Å². The summed E-state index contributed by atoms with van der Waals surface area (Å²) >= 11 is 0. The predicted molar refractivity (Wildman–Crippen MR) is 98.9 cm³/mol. The standard InChI is InChI=1S/C17H14N4O5S/c1-11-9-16(22)19-17(18-11)12-5-4-6-13(10-12)20-27(25,26)15-8-3-2-7-14(15)21(23)24/h2-10,20H,1H3,(H,18,19,22). The van der Waals surface area contributed by atoms with Crippen LogP contribution >= 0.6 is 0 Å². The van der Waals surface area contributed by atoms with Gasteiger partial charge in [-0.25, -0.2) is 13.4 Å². The molecule has 138 valence electrons. The molecule has 0 atom stereocenters. The third-order valence-electron chi connectivity index (χ3n) is 3.61. The van der Waals surface area contributed by atoms with E-state index in [1.807, 2.05) is 0 Å². The number of benzene rings is 2. The van der Waals surface area contributed by atoms with Gasteiger partial charge in [0.1, 0.15) is 5.82 Å². The molecule has 3 rings (SSSR count). The van der Waals surface area contributed by atoms with Crippen molar-refractivity contribution in [3.05, 3.63) is 80.8 Å². The number of rotatable bonds is 5. The highest BCUT2D eigenvalue weighted by Gasteiger charge is 2.25. The topological polar surface area (TPSA) is 135 Å². The maximum Gasteiger partial charge on any atom is 0.289 e. The Morgan fingerprint density at radius 2 is 1.85 bits per heavy atom. The number of nitro benzene ring substituents is 1. The van der Waals surface area contributed by atoms with Gasteiger partial charge in [-0.05, 0) is 25.1 Å². The zero-order valence-corrected chi connectivity index (χ0v) is 14.9. The summed E-state index contributed by atoms with van der Waals surface area (Å²) in [5, 5.41) is 11.1. The van der Waals surface area contributed by atoms with Crippen LogP contribution in [0.1, 0.15) is 5.69 Å². The summed E-state index contributed by atoms with van der Waals surface area (Å²) in [6.07, 6.45) is 0. The number of aromatic nitrogens is 2. The molecule has 1 heterocycles. The van der Waals surface area contributed by atoms with E-state index in [1.54, 1.807) is 19.1 Å². The second-order valence-corrected chi connectivity index (χ2v) is 7.30. The number of nitro groups is 1. The van der Waals surface area contributed by atoms with Crippen molar-refractivity contribution in [3.63, 3.8) is 0 Å². The van der Waals surface area contributed by atoms with Crippen LogP contribution in [0.3, 0.4) is 0 Å². The highest BCUT2D eigenvalue weighted by atomic mass is 32.2. The Morgan fingerprint density at radius 3 is 2.56 bits per heavy atom. The average Bonchev–Trinajstić information content (AvgIpc) is 2.61. The maximum atomic E-state index is 12.6. The van der Waals surface area contributed by atoms with Crippen molar-refractivity contribution >= 4 is 21.4 Å². The van der Waals surface area contributed by atoms with Crippen molar-refractivity contribution in [2.45, 2.75) is 11.8 Å². The molecule has 0 saturated carbocycles. The van der Waals surface area contributed by atoms with E-state index in [9.17, 15) is 23.3 Å². The molecule has 3 aromatic rings. The number of para-hydroxylation sites is 1. The van der Waals surface area contributed by atoms with Crippen LogP contribution in [0.15, 0.2) is 64.3 Å². The summed E-state index contributed by atoms with van der Waals surface area (Å²) < 4.78 is 27.5. The van der Waals surface area contributed by atoms with Crippen LogP contribution in [0.25, 0.3) is 11.4 Å². The van der Waals surface area contributed by atoms with Gasteiger partial charge in [-0.3, -0.25) is 19.6 Å². The molecule has 0 saturated heterocycles. The number of sulfonamides is 1. The van der Waals surface area contributed by atoms with E-state index in [0.717, 1.165) is 12.1 Å². The Balaban J connectivity index is 1.99. The van der Waals surface area contributed by atoms with Crippen molar-refractivity contribution in [1.29, 1.82) is 0 Å². The first-order valence-corrected chi connectivity index (χ1v) is 9.19. The van der Waals surface area contributed by atoms with Crippen molar-refractivity contribution in [1.82, 2.24) is 9.97 Å². The van der Waals surface area contributed by atoms with Gasteiger partial charge in [0.2, 0.25) is 0 Å². The molecule has 2 aromatic carbocycles. The Bertz CT molecular complexity index is 1190. The number of H-pyrrole nitrogens is 1. The third-order valence-corrected chi connectivity index (χ3v) is 5.04. The van der Waals surface area contributed by atoms with Gasteiger partial charge in [0.25, 0.3) is 21.3 Å². The van der Waals surface area contributed by atoms with Gasteiger partial charge >= 0.3 is 0 Å². The Kier molecular flexibility index (Phi) is 4.74. The zero-order chi connectivity index (χ0) is 19.6.